The molecule has 0 fully saturated rings. The van der Waals surface area contributed by atoms with E-state index >= 15 is 0 Å². The quantitative estimate of drug-likeness (QED) is 0.457. The van der Waals surface area contributed by atoms with E-state index in [9.17, 15) is 9.90 Å². The summed E-state index contributed by atoms with van der Waals surface area (Å²) in [7, 11) is 1.39. The largest absolute Gasteiger partial charge is 0.491 e. The second-order valence-corrected chi connectivity index (χ2v) is 4.72. The van der Waals surface area contributed by atoms with Crippen molar-refractivity contribution in [1.29, 1.82) is 0 Å². The number of benzene rings is 1. The Bertz CT molecular complexity index is 364. The number of halogens is 1. The maximum absolute atomic E-state index is 11.0. The molecule has 0 radical (unpaired) electrons. The van der Waals surface area contributed by atoms with Crippen LogP contribution in [0.2, 0.25) is 0 Å². The van der Waals surface area contributed by atoms with Crippen molar-refractivity contribution in [2.45, 2.75) is 18.9 Å². The Kier molecular flexibility index (Phi) is 7.04. The van der Waals surface area contributed by atoms with Gasteiger partial charge in [0, 0.05) is 10.8 Å². The Morgan fingerprint density at radius 1 is 1.39 bits per heavy atom. The first-order valence-electron chi connectivity index (χ1n) is 5.68. The SMILES string of the molecule is COC(=O)CCc1ccc(OCC(O)CI)cc1. The van der Waals surface area contributed by atoms with Crippen molar-refractivity contribution < 1.29 is 19.4 Å². The van der Waals surface area contributed by atoms with Gasteiger partial charge in [0.2, 0.25) is 0 Å². The first-order chi connectivity index (χ1) is 8.65. The van der Waals surface area contributed by atoms with Crippen molar-refractivity contribution in [3.05, 3.63) is 29.8 Å². The number of esters is 1. The van der Waals surface area contributed by atoms with Crippen molar-refractivity contribution in [3.8, 4) is 5.75 Å². The standard InChI is InChI=1S/C13H17IO4/c1-17-13(16)7-4-10-2-5-12(6-3-10)18-9-11(15)8-14/h2-3,5-6,11,15H,4,7-9H2,1H3. The monoisotopic (exact) mass is 364 g/mol. The predicted octanol–water partition coefficient (Wildman–Crippen LogP) is 1.97. The van der Waals surface area contributed by atoms with Crippen LogP contribution < -0.4 is 4.74 Å². The third-order valence-electron chi connectivity index (χ3n) is 2.39. The highest BCUT2D eigenvalue weighted by Crippen LogP contribution is 2.14. The summed E-state index contributed by atoms with van der Waals surface area (Å²) in [6.45, 7) is 0.296. The number of carbonyl (C=O) groups is 1. The number of ether oxygens (including phenoxy) is 2. The summed E-state index contributed by atoms with van der Waals surface area (Å²) in [4.78, 5) is 11.0. The second kappa shape index (κ2) is 8.31. The molecular formula is C13H17IO4. The van der Waals surface area contributed by atoms with Gasteiger partial charge in [-0.25, -0.2) is 0 Å². The zero-order valence-electron chi connectivity index (χ0n) is 10.3. The van der Waals surface area contributed by atoms with Crippen LogP contribution >= 0.6 is 22.6 Å². The van der Waals surface area contributed by atoms with Crippen molar-refractivity contribution in [2.24, 2.45) is 0 Å². The lowest BCUT2D eigenvalue weighted by Gasteiger charge is -2.10. The van der Waals surface area contributed by atoms with Gasteiger partial charge in [-0.3, -0.25) is 4.79 Å². The van der Waals surface area contributed by atoms with Crippen molar-refractivity contribution in [1.82, 2.24) is 0 Å². The number of aryl methyl sites for hydroxylation is 1. The fourth-order valence-corrected chi connectivity index (χ4v) is 1.59. The molecule has 0 saturated carbocycles. The molecule has 0 aliphatic carbocycles. The van der Waals surface area contributed by atoms with Crippen LogP contribution in [0.3, 0.4) is 0 Å². The first-order valence-corrected chi connectivity index (χ1v) is 7.21. The van der Waals surface area contributed by atoms with Gasteiger partial charge in [-0.05, 0) is 24.1 Å². The van der Waals surface area contributed by atoms with Crippen molar-refractivity contribution in [3.63, 3.8) is 0 Å². The van der Waals surface area contributed by atoms with Crippen molar-refractivity contribution in [2.75, 3.05) is 18.1 Å². The predicted molar refractivity (Wildman–Crippen MR) is 77.2 cm³/mol. The summed E-state index contributed by atoms with van der Waals surface area (Å²) in [6, 6.07) is 7.50. The van der Waals surface area contributed by atoms with E-state index < -0.39 is 6.10 Å². The van der Waals surface area contributed by atoms with Crippen LogP contribution in [0, 0.1) is 0 Å². The van der Waals surface area contributed by atoms with E-state index in [4.69, 9.17) is 4.74 Å². The lowest BCUT2D eigenvalue weighted by molar-refractivity contribution is -0.140. The molecule has 0 saturated heterocycles. The Morgan fingerprint density at radius 3 is 2.61 bits per heavy atom. The number of hydrogen-bond acceptors (Lipinski definition) is 4. The van der Waals surface area contributed by atoms with E-state index in [2.05, 4.69) is 27.3 Å². The van der Waals surface area contributed by atoms with E-state index in [1.165, 1.54) is 7.11 Å². The highest BCUT2D eigenvalue weighted by Gasteiger charge is 2.04. The first kappa shape index (κ1) is 15.2. The number of carbonyl (C=O) groups excluding carboxylic acids is 1. The smallest absolute Gasteiger partial charge is 0.305 e. The lowest BCUT2D eigenvalue weighted by Crippen LogP contribution is -2.18. The summed E-state index contributed by atoms with van der Waals surface area (Å²) < 4.78 is 10.6. The van der Waals surface area contributed by atoms with Crippen LogP contribution in [0.25, 0.3) is 0 Å². The fourth-order valence-electron chi connectivity index (χ4n) is 1.34. The molecule has 4 nitrogen and oxygen atoms in total. The van der Waals surface area contributed by atoms with E-state index in [1.807, 2.05) is 24.3 Å². The average molecular weight is 364 g/mol. The summed E-state index contributed by atoms with van der Waals surface area (Å²) in [5, 5.41) is 9.36. The molecule has 0 aliphatic heterocycles. The van der Waals surface area contributed by atoms with Gasteiger partial charge >= 0.3 is 5.97 Å². The van der Waals surface area contributed by atoms with Gasteiger partial charge in [-0.15, -0.1) is 0 Å². The molecule has 0 amide bonds. The number of aliphatic hydroxyl groups is 1. The highest BCUT2D eigenvalue weighted by molar-refractivity contribution is 14.1. The van der Waals surface area contributed by atoms with Gasteiger partial charge in [-0.1, -0.05) is 34.7 Å². The van der Waals surface area contributed by atoms with E-state index in [0.717, 1.165) is 11.3 Å². The summed E-state index contributed by atoms with van der Waals surface area (Å²) in [5.74, 6) is 0.515. The normalized spacial score (nSPS) is 11.9. The molecule has 0 spiro atoms. The van der Waals surface area contributed by atoms with Gasteiger partial charge < -0.3 is 14.6 Å². The molecule has 1 atom stereocenters. The Morgan fingerprint density at radius 2 is 2.06 bits per heavy atom. The molecule has 1 rings (SSSR count). The van der Waals surface area contributed by atoms with Crippen LogP contribution in [0.1, 0.15) is 12.0 Å². The molecule has 5 heteroatoms. The minimum Gasteiger partial charge on any atom is -0.491 e. The number of hydrogen-bond donors (Lipinski definition) is 1. The molecule has 100 valence electrons. The molecule has 0 heterocycles. The van der Waals surface area contributed by atoms with Gasteiger partial charge in [0.05, 0.1) is 13.2 Å². The molecule has 1 aromatic carbocycles. The van der Waals surface area contributed by atoms with Gasteiger partial charge in [-0.2, -0.15) is 0 Å². The molecule has 1 aromatic rings. The topological polar surface area (TPSA) is 55.8 Å². The third kappa shape index (κ3) is 5.68. The van der Waals surface area contributed by atoms with Crippen molar-refractivity contribution >= 4 is 28.6 Å². The number of methoxy groups -OCH3 is 1. The third-order valence-corrected chi connectivity index (χ3v) is 3.41. The average Bonchev–Trinajstić information content (AvgIpc) is 2.43. The van der Waals surface area contributed by atoms with E-state index in [-0.39, 0.29) is 5.97 Å². The Labute approximate surface area is 120 Å². The number of rotatable bonds is 7. The minimum atomic E-state index is -0.440. The summed E-state index contributed by atoms with van der Waals surface area (Å²) in [5.41, 5.74) is 1.06. The zero-order chi connectivity index (χ0) is 13.4. The Hall–Kier alpha value is -0.820. The molecule has 1 unspecified atom stereocenters. The van der Waals surface area contributed by atoms with E-state index in [1.54, 1.807) is 0 Å². The molecule has 18 heavy (non-hydrogen) atoms. The maximum Gasteiger partial charge on any atom is 0.305 e. The van der Waals surface area contributed by atoms with Crippen LogP contribution in [0.15, 0.2) is 24.3 Å². The minimum absolute atomic E-state index is 0.208. The van der Waals surface area contributed by atoms with Crippen LogP contribution in [-0.4, -0.2) is 35.3 Å². The highest BCUT2D eigenvalue weighted by atomic mass is 127. The second-order valence-electron chi connectivity index (χ2n) is 3.84. The van der Waals surface area contributed by atoms with Gasteiger partial charge in [0.25, 0.3) is 0 Å². The summed E-state index contributed by atoms with van der Waals surface area (Å²) >= 11 is 2.11. The van der Waals surface area contributed by atoms with Crippen LogP contribution in [-0.2, 0) is 16.0 Å². The van der Waals surface area contributed by atoms with Gasteiger partial charge in [0.15, 0.2) is 0 Å². The fraction of sp³-hybridized carbons (Fsp3) is 0.462. The molecular weight excluding hydrogens is 347 g/mol. The van der Waals surface area contributed by atoms with Gasteiger partial charge in [0.1, 0.15) is 12.4 Å². The molecule has 1 N–H and O–H groups in total. The molecule has 0 aliphatic rings. The maximum atomic E-state index is 11.0. The lowest BCUT2D eigenvalue weighted by atomic mass is 10.1. The van der Waals surface area contributed by atoms with E-state index in [0.29, 0.717) is 23.9 Å². The summed E-state index contributed by atoms with van der Waals surface area (Å²) in [6.07, 6.45) is 0.595. The molecule has 0 aromatic heterocycles. The molecule has 0 bridgehead atoms. The Balaban J connectivity index is 2.40. The van der Waals surface area contributed by atoms with Crippen LogP contribution in [0.4, 0.5) is 0 Å². The zero-order valence-corrected chi connectivity index (χ0v) is 12.4. The van der Waals surface area contributed by atoms with Crippen LogP contribution in [0.5, 0.6) is 5.75 Å². The number of aliphatic hydroxyl groups excluding tert-OH is 1. The number of alkyl halides is 1.